The van der Waals surface area contributed by atoms with Crippen LogP contribution in [0, 0.1) is 6.92 Å². The normalized spacial score (nSPS) is 12.5. The molecule has 1 aromatic heterocycles. The van der Waals surface area contributed by atoms with Crippen LogP contribution >= 0.6 is 11.6 Å². The number of ether oxygens (including phenoxy) is 1. The molecule has 0 spiro atoms. The molecule has 0 aliphatic rings. The zero-order valence-corrected chi connectivity index (χ0v) is 12.6. The van der Waals surface area contributed by atoms with E-state index >= 15 is 0 Å². The van der Waals surface area contributed by atoms with E-state index in [1.807, 2.05) is 37.3 Å². The molecule has 1 aromatic carbocycles. The quantitative estimate of drug-likeness (QED) is 0.783. The van der Waals surface area contributed by atoms with Gasteiger partial charge in [0.25, 0.3) is 0 Å². The smallest absolute Gasteiger partial charge is 0.133 e. The minimum atomic E-state index is -0.565. The summed E-state index contributed by atoms with van der Waals surface area (Å²) in [5, 5.41) is 17.5. The van der Waals surface area contributed by atoms with Crippen LogP contribution in [0.2, 0.25) is 5.02 Å². The molecule has 2 aromatic rings. The molecule has 5 nitrogen and oxygen atoms in total. The van der Waals surface area contributed by atoms with Crippen molar-refractivity contribution in [2.24, 2.45) is 0 Å². The molecule has 0 fully saturated rings. The maximum absolute atomic E-state index is 9.80. The number of aliphatic hydroxyl groups excluding tert-OH is 1. The fourth-order valence-electron chi connectivity index (χ4n) is 1.82. The van der Waals surface area contributed by atoms with Crippen molar-refractivity contribution < 1.29 is 14.4 Å². The van der Waals surface area contributed by atoms with Gasteiger partial charge in [0.15, 0.2) is 0 Å². The van der Waals surface area contributed by atoms with Crippen LogP contribution in [-0.4, -0.2) is 29.5 Å². The molecule has 0 radical (unpaired) electrons. The van der Waals surface area contributed by atoms with Crippen LogP contribution in [-0.2, 0) is 17.9 Å². The molecule has 1 heterocycles. The highest BCUT2D eigenvalue weighted by Gasteiger charge is 2.05. The van der Waals surface area contributed by atoms with Gasteiger partial charge in [-0.15, -0.1) is 0 Å². The monoisotopic (exact) mass is 310 g/mol. The number of nitrogens with zero attached hydrogens (tertiary/aromatic N) is 1. The Morgan fingerprint density at radius 2 is 2.14 bits per heavy atom. The topological polar surface area (TPSA) is 67.5 Å². The fraction of sp³-hybridized carbons (Fsp3) is 0.400. The highest BCUT2D eigenvalue weighted by Crippen LogP contribution is 2.10. The molecular weight excluding hydrogens is 292 g/mol. The molecule has 1 atom stereocenters. The summed E-state index contributed by atoms with van der Waals surface area (Å²) < 4.78 is 10.4. The average Bonchev–Trinajstić information content (AvgIpc) is 2.87. The van der Waals surface area contributed by atoms with Crippen LogP contribution in [0.15, 0.2) is 34.9 Å². The molecule has 0 saturated heterocycles. The first-order valence-electron chi connectivity index (χ1n) is 6.76. The van der Waals surface area contributed by atoms with Crippen LogP contribution < -0.4 is 5.32 Å². The van der Waals surface area contributed by atoms with Crippen LogP contribution in [0.1, 0.15) is 17.0 Å². The number of hydrogen-bond donors (Lipinski definition) is 2. The molecule has 0 bridgehead atoms. The van der Waals surface area contributed by atoms with Gasteiger partial charge in [-0.25, -0.2) is 0 Å². The molecule has 114 valence electrons. The third kappa shape index (κ3) is 5.85. The minimum absolute atomic E-state index is 0.271. The molecule has 0 saturated carbocycles. The Labute approximate surface area is 128 Å². The molecule has 1 unspecified atom stereocenters. The molecule has 0 amide bonds. The Morgan fingerprint density at radius 1 is 1.38 bits per heavy atom. The molecule has 21 heavy (non-hydrogen) atoms. The van der Waals surface area contributed by atoms with E-state index < -0.39 is 6.10 Å². The molecular formula is C15H19ClN2O3. The number of nitrogens with one attached hydrogen (secondary N) is 1. The van der Waals surface area contributed by atoms with Gasteiger partial charge in [-0.3, -0.25) is 0 Å². The second-order valence-corrected chi connectivity index (χ2v) is 5.29. The molecule has 0 aliphatic carbocycles. The Morgan fingerprint density at radius 3 is 2.81 bits per heavy atom. The second kappa shape index (κ2) is 8.14. The Bertz CT molecular complexity index is 542. The van der Waals surface area contributed by atoms with Crippen molar-refractivity contribution in [3.05, 3.63) is 52.4 Å². The lowest BCUT2D eigenvalue weighted by Gasteiger charge is -2.11. The number of hydrogen-bond acceptors (Lipinski definition) is 5. The zero-order chi connectivity index (χ0) is 15.1. The highest BCUT2D eigenvalue weighted by atomic mass is 35.5. The largest absolute Gasteiger partial charge is 0.389 e. The molecule has 0 aliphatic heterocycles. The van der Waals surface area contributed by atoms with Crippen molar-refractivity contribution >= 4 is 11.6 Å². The van der Waals surface area contributed by atoms with Gasteiger partial charge in [-0.2, -0.15) is 0 Å². The average molecular weight is 311 g/mol. The summed E-state index contributed by atoms with van der Waals surface area (Å²) in [6.07, 6.45) is -0.565. The Kier molecular flexibility index (Phi) is 6.20. The molecule has 6 heteroatoms. The first-order valence-corrected chi connectivity index (χ1v) is 7.14. The van der Waals surface area contributed by atoms with Crippen molar-refractivity contribution in [1.29, 1.82) is 0 Å². The van der Waals surface area contributed by atoms with Gasteiger partial charge in [-0.1, -0.05) is 28.9 Å². The summed E-state index contributed by atoms with van der Waals surface area (Å²) >= 11 is 5.80. The van der Waals surface area contributed by atoms with Crippen LogP contribution in [0.3, 0.4) is 0 Å². The number of aliphatic hydroxyl groups is 1. The van der Waals surface area contributed by atoms with E-state index in [0.717, 1.165) is 17.0 Å². The predicted octanol–water partition coefficient (Wildman–Crippen LogP) is 2.30. The summed E-state index contributed by atoms with van der Waals surface area (Å²) in [4.78, 5) is 0. The van der Waals surface area contributed by atoms with Gasteiger partial charge in [-0.05, 0) is 24.6 Å². The van der Waals surface area contributed by atoms with E-state index in [9.17, 15) is 5.11 Å². The first-order chi connectivity index (χ1) is 10.1. The van der Waals surface area contributed by atoms with Gasteiger partial charge in [0.2, 0.25) is 0 Å². The Balaban J connectivity index is 1.59. The molecule has 2 rings (SSSR count). The highest BCUT2D eigenvalue weighted by molar-refractivity contribution is 6.30. The predicted molar refractivity (Wildman–Crippen MR) is 80.1 cm³/mol. The van der Waals surface area contributed by atoms with E-state index in [1.165, 1.54) is 0 Å². The summed E-state index contributed by atoms with van der Waals surface area (Å²) in [5.41, 5.74) is 1.85. The van der Waals surface area contributed by atoms with Crippen molar-refractivity contribution in [2.75, 3.05) is 13.2 Å². The summed E-state index contributed by atoms with van der Waals surface area (Å²) in [6.45, 7) is 3.57. The van der Waals surface area contributed by atoms with Gasteiger partial charge in [0.1, 0.15) is 5.76 Å². The zero-order valence-electron chi connectivity index (χ0n) is 11.9. The van der Waals surface area contributed by atoms with Crippen LogP contribution in [0.5, 0.6) is 0 Å². The van der Waals surface area contributed by atoms with Gasteiger partial charge in [0, 0.05) is 24.2 Å². The van der Waals surface area contributed by atoms with E-state index in [0.29, 0.717) is 24.7 Å². The summed E-state index contributed by atoms with van der Waals surface area (Å²) in [5.74, 6) is 0.777. The third-order valence-corrected chi connectivity index (χ3v) is 3.11. The maximum Gasteiger partial charge on any atom is 0.133 e. The fourth-order valence-corrected chi connectivity index (χ4v) is 1.95. The first kappa shape index (κ1) is 16.0. The van der Waals surface area contributed by atoms with Crippen molar-refractivity contribution in [1.82, 2.24) is 10.5 Å². The van der Waals surface area contributed by atoms with E-state index in [4.69, 9.17) is 20.9 Å². The SMILES string of the molecule is Cc1cc(CNCC(O)COCc2ccc(Cl)cc2)no1. The number of benzene rings is 1. The third-order valence-electron chi connectivity index (χ3n) is 2.86. The maximum atomic E-state index is 9.80. The lowest BCUT2D eigenvalue weighted by atomic mass is 10.2. The van der Waals surface area contributed by atoms with Crippen molar-refractivity contribution in [3.8, 4) is 0 Å². The van der Waals surface area contributed by atoms with E-state index in [1.54, 1.807) is 0 Å². The number of aryl methyl sites for hydroxylation is 1. The van der Waals surface area contributed by atoms with Gasteiger partial charge < -0.3 is 19.7 Å². The number of rotatable bonds is 8. The number of aromatic nitrogens is 1. The number of halogens is 1. The van der Waals surface area contributed by atoms with Gasteiger partial charge in [0.05, 0.1) is 25.0 Å². The standard InChI is InChI=1S/C15H19ClN2O3/c1-11-6-14(18-21-11)7-17-8-15(19)10-20-9-12-2-4-13(16)5-3-12/h2-6,15,17,19H,7-10H2,1H3. The lowest BCUT2D eigenvalue weighted by molar-refractivity contribution is 0.0287. The van der Waals surface area contributed by atoms with Gasteiger partial charge >= 0.3 is 0 Å². The second-order valence-electron chi connectivity index (χ2n) is 4.86. The van der Waals surface area contributed by atoms with E-state index in [-0.39, 0.29) is 6.61 Å². The Hall–Kier alpha value is -1.40. The van der Waals surface area contributed by atoms with Crippen molar-refractivity contribution in [3.63, 3.8) is 0 Å². The minimum Gasteiger partial charge on any atom is -0.389 e. The van der Waals surface area contributed by atoms with Crippen LogP contribution in [0.4, 0.5) is 0 Å². The van der Waals surface area contributed by atoms with Crippen molar-refractivity contribution in [2.45, 2.75) is 26.2 Å². The lowest BCUT2D eigenvalue weighted by Crippen LogP contribution is -2.30. The van der Waals surface area contributed by atoms with Crippen LogP contribution in [0.25, 0.3) is 0 Å². The molecule has 2 N–H and O–H groups in total. The van der Waals surface area contributed by atoms with E-state index in [2.05, 4.69) is 10.5 Å². The summed E-state index contributed by atoms with van der Waals surface area (Å²) in [6, 6.07) is 9.30. The summed E-state index contributed by atoms with van der Waals surface area (Å²) in [7, 11) is 0.